The topological polar surface area (TPSA) is 81.1 Å². The lowest BCUT2D eigenvalue weighted by molar-refractivity contribution is -0.163. The molecular formula is C12H11F3N2O4. The van der Waals surface area contributed by atoms with Crippen LogP contribution < -0.4 is 5.01 Å². The van der Waals surface area contributed by atoms with Crippen molar-refractivity contribution >= 4 is 17.6 Å². The number of carbonyl (C=O) groups is 2. The number of amides is 1. The van der Waals surface area contributed by atoms with Gasteiger partial charge in [0.2, 0.25) is 12.1 Å². The molecule has 21 heavy (non-hydrogen) atoms. The maximum absolute atomic E-state index is 12.7. The Morgan fingerprint density at radius 2 is 2.00 bits per heavy atom. The number of hydrogen-bond donors (Lipinski definition) is 2. The Morgan fingerprint density at radius 3 is 2.57 bits per heavy atom. The van der Waals surface area contributed by atoms with Crippen LogP contribution in [-0.4, -0.2) is 39.9 Å². The van der Waals surface area contributed by atoms with Crippen molar-refractivity contribution < 1.29 is 33.0 Å². The van der Waals surface area contributed by atoms with Crippen LogP contribution in [0.2, 0.25) is 0 Å². The summed E-state index contributed by atoms with van der Waals surface area (Å²) < 4.78 is 38.0. The van der Waals surface area contributed by atoms with Gasteiger partial charge in [-0.25, -0.2) is 9.80 Å². The smallest absolute Gasteiger partial charge is 0.416 e. The number of nitrogens with zero attached hydrogens (tertiary/aromatic N) is 2. The number of hydrazine groups is 1. The second-order valence-corrected chi connectivity index (χ2v) is 4.37. The standard InChI is InChI=1S/C12H11F3N2O4/c13-12(14,15)7-2-1-3-8(6-7)16-5-4-9(18)17(16)10(19)11(20)21/h1-3,6,10,19H,4-5H2,(H,20,21). The first kappa shape index (κ1) is 15.1. The Balaban J connectivity index is 2.36. The Hall–Kier alpha value is -2.29. The summed E-state index contributed by atoms with van der Waals surface area (Å²) in [7, 11) is 0. The van der Waals surface area contributed by atoms with E-state index >= 15 is 0 Å². The Bertz CT molecular complexity index is 576. The van der Waals surface area contributed by atoms with Crippen molar-refractivity contribution in [3.05, 3.63) is 29.8 Å². The average molecular weight is 304 g/mol. The highest BCUT2D eigenvalue weighted by Gasteiger charge is 2.39. The number of halogens is 3. The largest absolute Gasteiger partial charge is 0.478 e. The van der Waals surface area contributed by atoms with E-state index < -0.39 is 29.8 Å². The van der Waals surface area contributed by atoms with Gasteiger partial charge in [0.25, 0.3) is 0 Å². The third-order valence-corrected chi connectivity index (χ3v) is 2.98. The van der Waals surface area contributed by atoms with E-state index in [0.29, 0.717) is 5.01 Å². The van der Waals surface area contributed by atoms with Crippen LogP contribution in [0.3, 0.4) is 0 Å². The minimum atomic E-state index is -4.56. The number of aliphatic hydroxyl groups is 1. The Labute approximate surface area is 117 Å². The molecule has 1 fully saturated rings. The van der Waals surface area contributed by atoms with Crippen molar-refractivity contribution in [2.75, 3.05) is 11.6 Å². The molecule has 0 saturated carbocycles. The summed E-state index contributed by atoms with van der Waals surface area (Å²) in [6, 6.07) is 4.10. The Kier molecular flexibility index (Phi) is 3.77. The number of aliphatic carboxylic acids is 1. The lowest BCUT2D eigenvalue weighted by atomic mass is 10.2. The van der Waals surface area contributed by atoms with Gasteiger partial charge in [-0.2, -0.15) is 13.2 Å². The molecule has 1 aromatic rings. The first-order valence-electron chi connectivity index (χ1n) is 5.89. The molecule has 0 radical (unpaired) electrons. The molecule has 1 aromatic carbocycles. The van der Waals surface area contributed by atoms with Gasteiger partial charge in [-0.1, -0.05) is 6.07 Å². The van der Waals surface area contributed by atoms with E-state index in [4.69, 9.17) is 5.11 Å². The van der Waals surface area contributed by atoms with Gasteiger partial charge >= 0.3 is 12.1 Å². The van der Waals surface area contributed by atoms with Gasteiger partial charge in [0.05, 0.1) is 11.3 Å². The molecule has 1 aliphatic heterocycles. The molecule has 1 heterocycles. The van der Waals surface area contributed by atoms with Gasteiger partial charge in [-0.15, -0.1) is 0 Å². The number of benzene rings is 1. The molecular weight excluding hydrogens is 293 g/mol. The van der Waals surface area contributed by atoms with Gasteiger partial charge in [0.15, 0.2) is 0 Å². The third-order valence-electron chi connectivity index (χ3n) is 2.98. The van der Waals surface area contributed by atoms with Crippen LogP contribution in [0, 0.1) is 0 Å². The maximum atomic E-state index is 12.7. The normalized spacial score (nSPS) is 17.2. The highest BCUT2D eigenvalue weighted by molar-refractivity contribution is 5.86. The number of carbonyl (C=O) groups excluding carboxylic acids is 1. The van der Waals surface area contributed by atoms with Crippen molar-refractivity contribution in [2.45, 2.75) is 18.8 Å². The van der Waals surface area contributed by atoms with Gasteiger partial charge in [0, 0.05) is 13.0 Å². The van der Waals surface area contributed by atoms with E-state index in [1.807, 2.05) is 0 Å². The first-order valence-corrected chi connectivity index (χ1v) is 5.89. The highest BCUT2D eigenvalue weighted by atomic mass is 19.4. The monoisotopic (exact) mass is 304 g/mol. The van der Waals surface area contributed by atoms with Crippen LogP contribution in [0.25, 0.3) is 0 Å². The predicted octanol–water partition coefficient (Wildman–Crippen LogP) is 1.06. The molecule has 1 saturated heterocycles. The van der Waals surface area contributed by atoms with Crippen LogP contribution in [-0.2, 0) is 15.8 Å². The lowest BCUT2D eigenvalue weighted by Crippen LogP contribution is -2.50. The van der Waals surface area contributed by atoms with E-state index in [1.54, 1.807) is 0 Å². The van der Waals surface area contributed by atoms with E-state index in [0.717, 1.165) is 23.2 Å². The SMILES string of the molecule is O=C(O)C(O)N1C(=O)CCN1c1cccc(C(F)(F)F)c1. The van der Waals surface area contributed by atoms with Crippen LogP contribution in [0.5, 0.6) is 0 Å². The number of carboxylic acids is 1. The number of anilines is 1. The number of rotatable bonds is 3. The summed E-state index contributed by atoms with van der Waals surface area (Å²) in [4.78, 5) is 22.4. The summed E-state index contributed by atoms with van der Waals surface area (Å²) in [5.74, 6) is -2.34. The summed E-state index contributed by atoms with van der Waals surface area (Å²) >= 11 is 0. The molecule has 2 N–H and O–H groups in total. The molecule has 1 amide bonds. The van der Waals surface area contributed by atoms with E-state index in [1.165, 1.54) is 6.07 Å². The van der Waals surface area contributed by atoms with Crippen molar-refractivity contribution in [2.24, 2.45) is 0 Å². The fraction of sp³-hybridized carbons (Fsp3) is 0.333. The molecule has 1 unspecified atom stereocenters. The molecule has 9 heteroatoms. The lowest BCUT2D eigenvalue weighted by Gasteiger charge is -2.31. The predicted molar refractivity (Wildman–Crippen MR) is 63.9 cm³/mol. The first-order chi connectivity index (χ1) is 9.71. The molecule has 114 valence electrons. The molecule has 6 nitrogen and oxygen atoms in total. The zero-order chi connectivity index (χ0) is 15.8. The number of hydrogen-bond acceptors (Lipinski definition) is 4. The number of alkyl halides is 3. The van der Waals surface area contributed by atoms with Gasteiger partial charge in [0.1, 0.15) is 0 Å². The van der Waals surface area contributed by atoms with Crippen LogP contribution >= 0.6 is 0 Å². The molecule has 1 atom stereocenters. The van der Waals surface area contributed by atoms with Crippen LogP contribution in [0.1, 0.15) is 12.0 Å². The Morgan fingerprint density at radius 1 is 1.33 bits per heavy atom. The van der Waals surface area contributed by atoms with Crippen molar-refractivity contribution in [3.63, 3.8) is 0 Å². The summed E-state index contributed by atoms with van der Waals surface area (Å²) in [5.41, 5.74) is -0.944. The van der Waals surface area contributed by atoms with Crippen molar-refractivity contribution in [1.29, 1.82) is 0 Å². The maximum Gasteiger partial charge on any atom is 0.416 e. The zero-order valence-corrected chi connectivity index (χ0v) is 10.5. The molecule has 2 rings (SSSR count). The van der Waals surface area contributed by atoms with Gasteiger partial charge < -0.3 is 10.2 Å². The fourth-order valence-corrected chi connectivity index (χ4v) is 2.03. The van der Waals surface area contributed by atoms with E-state index in [-0.39, 0.29) is 18.7 Å². The number of aliphatic hydroxyl groups excluding tert-OH is 1. The minimum absolute atomic E-state index is 0.00944. The zero-order valence-electron chi connectivity index (χ0n) is 10.5. The van der Waals surface area contributed by atoms with Gasteiger partial charge in [-0.3, -0.25) is 9.80 Å². The summed E-state index contributed by atoms with van der Waals surface area (Å²) in [6.07, 6.45) is -6.80. The van der Waals surface area contributed by atoms with Crippen LogP contribution in [0.4, 0.5) is 18.9 Å². The van der Waals surface area contributed by atoms with Crippen molar-refractivity contribution in [3.8, 4) is 0 Å². The van der Waals surface area contributed by atoms with E-state index in [9.17, 15) is 27.9 Å². The van der Waals surface area contributed by atoms with E-state index in [2.05, 4.69) is 0 Å². The molecule has 0 aliphatic carbocycles. The second kappa shape index (κ2) is 5.24. The second-order valence-electron chi connectivity index (χ2n) is 4.37. The minimum Gasteiger partial charge on any atom is -0.478 e. The molecule has 0 spiro atoms. The third kappa shape index (κ3) is 2.92. The van der Waals surface area contributed by atoms with Gasteiger partial charge in [-0.05, 0) is 18.2 Å². The molecule has 0 bridgehead atoms. The summed E-state index contributed by atoms with van der Waals surface area (Å²) in [5, 5.41) is 19.8. The average Bonchev–Trinajstić information content (AvgIpc) is 2.78. The summed E-state index contributed by atoms with van der Waals surface area (Å²) in [6.45, 7) is -0.00944. The highest BCUT2D eigenvalue weighted by Crippen LogP contribution is 2.33. The van der Waals surface area contributed by atoms with Crippen molar-refractivity contribution in [1.82, 2.24) is 5.01 Å². The molecule has 0 aromatic heterocycles. The fourth-order valence-electron chi connectivity index (χ4n) is 2.03. The quantitative estimate of drug-likeness (QED) is 0.873. The number of carboxylic acid groups (broad SMARTS) is 1. The van der Waals surface area contributed by atoms with Crippen LogP contribution in [0.15, 0.2) is 24.3 Å². The molecule has 1 aliphatic rings.